The van der Waals surface area contributed by atoms with E-state index in [1.165, 1.54) is 25.6 Å². The van der Waals surface area contributed by atoms with E-state index in [9.17, 15) is 9.59 Å². The van der Waals surface area contributed by atoms with Crippen molar-refractivity contribution in [3.8, 4) is 0 Å². The van der Waals surface area contributed by atoms with Gasteiger partial charge in [-0.2, -0.15) is 0 Å². The summed E-state index contributed by atoms with van der Waals surface area (Å²) in [6.07, 6.45) is -3.48. The molecule has 2 fully saturated rings. The monoisotopic (exact) mass is 458 g/mol. The number of esters is 2. The van der Waals surface area contributed by atoms with E-state index in [1.54, 1.807) is 0 Å². The van der Waals surface area contributed by atoms with Crippen molar-refractivity contribution < 1.29 is 33.3 Å². The zero-order chi connectivity index (χ0) is 22.7. The van der Waals surface area contributed by atoms with Crippen LogP contribution in [-0.4, -0.2) is 48.4 Å². The summed E-state index contributed by atoms with van der Waals surface area (Å²) in [4.78, 5) is 24.9. The minimum absolute atomic E-state index is 0.250. The first-order valence-corrected chi connectivity index (χ1v) is 11.3. The fourth-order valence-corrected chi connectivity index (χ4v) is 4.92. The first-order chi connectivity index (χ1) is 15.4. The summed E-state index contributed by atoms with van der Waals surface area (Å²) < 4.78 is 29.7. The molecule has 0 aromatic heterocycles. The van der Waals surface area contributed by atoms with E-state index in [-0.39, 0.29) is 6.61 Å². The van der Waals surface area contributed by atoms with Gasteiger partial charge < -0.3 is 23.7 Å². The van der Waals surface area contributed by atoms with Crippen molar-refractivity contribution in [1.29, 1.82) is 0 Å². The molecule has 0 radical (unpaired) electrons. The molecular formula is C24H26O7S. The standard InChI is InChI=1S/C24H26O7S/c1-14-9-11-18(12-10-14)32-24-22(29-16(3)26)21(28-15(2)25)20-19(30-24)13-27-23(31-20)17-7-5-4-6-8-17/h4-12,19-24H,13H2,1-3H3/t19-,20+,21+,22-,23?,24+/m1/s1. The maximum Gasteiger partial charge on any atom is 0.303 e. The van der Waals surface area contributed by atoms with Crippen LogP contribution in [0.25, 0.3) is 0 Å². The Morgan fingerprint density at radius 2 is 1.56 bits per heavy atom. The number of thioether (sulfide) groups is 1. The van der Waals surface area contributed by atoms with Gasteiger partial charge in [-0.1, -0.05) is 59.8 Å². The Hall–Kier alpha value is -2.39. The van der Waals surface area contributed by atoms with Crippen molar-refractivity contribution >= 4 is 23.7 Å². The zero-order valence-corrected chi connectivity index (χ0v) is 18.9. The second kappa shape index (κ2) is 10.0. The van der Waals surface area contributed by atoms with Crippen LogP contribution in [0.4, 0.5) is 0 Å². The highest BCUT2D eigenvalue weighted by molar-refractivity contribution is 7.99. The third-order valence-electron chi connectivity index (χ3n) is 5.23. The van der Waals surface area contributed by atoms with Crippen LogP contribution < -0.4 is 0 Å². The number of hydrogen-bond acceptors (Lipinski definition) is 8. The third-order valence-corrected chi connectivity index (χ3v) is 6.39. The van der Waals surface area contributed by atoms with Gasteiger partial charge in [-0.15, -0.1) is 0 Å². The predicted octanol–water partition coefficient (Wildman–Crippen LogP) is 3.79. The van der Waals surface area contributed by atoms with Crippen LogP contribution in [0.15, 0.2) is 59.5 Å². The van der Waals surface area contributed by atoms with E-state index in [1.807, 2.05) is 61.5 Å². The highest BCUT2D eigenvalue weighted by Gasteiger charge is 2.53. The molecule has 2 aliphatic heterocycles. The number of carbonyl (C=O) groups is 2. The molecule has 2 heterocycles. The van der Waals surface area contributed by atoms with Crippen molar-refractivity contribution in [3.63, 3.8) is 0 Å². The molecule has 0 saturated carbocycles. The smallest absolute Gasteiger partial charge is 0.303 e. The highest BCUT2D eigenvalue weighted by Crippen LogP contribution is 2.41. The van der Waals surface area contributed by atoms with Crippen molar-refractivity contribution in [3.05, 3.63) is 65.7 Å². The summed E-state index contributed by atoms with van der Waals surface area (Å²) in [6, 6.07) is 17.4. The van der Waals surface area contributed by atoms with Gasteiger partial charge in [0.1, 0.15) is 17.6 Å². The molecule has 6 atom stereocenters. The quantitative estimate of drug-likeness (QED) is 0.626. The Morgan fingerprint density at radius 3 is 2.22 bits per heavy atom. The van der Waals surface area contributed by atoms with Crippen molar-refractivity contribution in [2.45, 2.75) is 61.8 Å². The van der Waals surface area contributed by atoms with Crippen LogP contribution in [0, 0.1) is 6.92 Å². The maximum absolute atomic E-state index is 12.0. The Kier molecular flexibility index (Phi) is 7.15. The lowest BCUT2D eigenvalue weighted by molar-refractivity contribution is -0.320. The third kappa shape index (κ3) is 5.32. The summed E-state index contributed by atoms with van der Waals surface area (Å²) in [5.41, 5.74) is 1.37. The molecule has 170 valence electrons. The molecule has 7 nitrogen and oxygen atoms in total. The van der Waals surface area contributed by atoms with Crippen LogP contribution >= 0.6 is 11.8 Å². The second-order valence-corrected chi connectivity index (χ2v) is 8.97. The van der Waals surface area contributed by atoms with Gasteiger partial charge in [0.05, 0.1) is 6.61 Å². The van der Waals surface area contributed by atoms with Gasteiger partial charge in [0, 0.05) is 24.3 Å². The van der Waals surface area contributed by atoms with E-state index < -0.39 is 48.1 Å². The second-order valence-electron chi connectivity index (χ2n) is 7.80. The van der Waals surface area contributed by atoms with Gasteiger partial charge >= 0.3 is 11.9 Å². The lowest BCUT2D eigenvalue weighted by atomic mass is 9.98. The number of carbonyl (C=O) groups excluding carboxylic acids is 2. The normalized spacial score (nSPS) is 29.6. The number of aryl methyl sites for hydroxylation is 1. The molecule has 8 heteroatoms. The molecular weight excluding hydrogens is 432 g/mol. The molecule has 2 aromatic rings. The van der Waals surface area contributed by atoms with Crippen molar-refractivity contribution in [2.75, 3.05) is 6.61 Å². The molecule has 0 N–H and O–H groups in total. The van der Waals surface area contributed by atoms with Gasteiger partial charge in [-0.3, -0.25) is 9.59 Å². The van der Waals surface area contributed by atoms with Gasteiger partial charge in [0.25, 0.3) is 0 Å². The fraction of sp³-hybridized carbons (Fsp3) is 0.417. The van der Waals surface area contributed by atoms with Crippen LogP contribution in [0.3, 0.4) is 0 Å². The largest absolute Gasteiger partial charge is 0.456 e. The average molecular weight is 459 g/mol. The molecule has 2 aliphatic rings. The number of rotatable bonds is 5. The van der Waals surface area contributed by atoms with Crippen LogP contribution in [0.2, 0.25) is 0 Å². The van der Waals surface area contributed by atoms with Crippen LogP contribution in [-0.2, 0) is 33.3 Å². The Morgan fingerprint density at radius 1 is 0.906 bits per heavy atom. The predicted molar refractivity (Wildman–Crippen MR) is 117 cm³/mol. The number of hydrogen-bond donors (Lipinski definition) is 0. The van der Waals surface area contributed by atoms with Crippen LogP contribution in [0.5, 0.6) is 0 Å². The Balaban J connectivity index is 1.61. The van der Waals surface area contributed by atoms with Gasteiger partial charge in [0.2, 0.25) is 0 Å². The van der Waals surface area contributed by atoms with E-state index in [2.05, 4.69) is 0 Å². The highest BCUT2D eigenvalue weighted by atomic mass is 32.2. The van der Waals surface area contributed by atoms with Crippen molar-refractivity contribution in [2.24, 2.45) is 0 Å². The molecule has 0 bridgehead atoms. The average Bonchev–Trinajstić information content (AvgIpc) is 2.77. The first kappa shape index (κ1) is 22.8. The molecule has 0 amide bonds. The molecule has 32 heavy (non-hydrogen) atoms. The lowest BCUT2D eigenvalue weighted by Gasteiger charge is -2.48. The van der Waals surface area contributed by atoms with E-state index in [0.29, 0.717) is 0 Å². The minimum Gasteiger partial charge on any atom is -0.456 e. The maximum atomic E-state index is 12.0. The fourth-order valence-electron chi connectivity index (χ4n) is 3.81. The van der Waals surface area contributed by atoms with Gasteiger partial charge in [-0.25, -0.2) is 0 Å². The van der Waals surface area contributed by atoms with Gasteiger partial charge in [-0.05, 0) is 19.1 Å². The Bertz CT molecular complexity index is 933. The summed E-state index contributed by atoms with van der Waals surface area (Å²) in [7, 11) is 0. The van der Waals surface area contributed by atoms with E-state index in [4.69, 9.17) is 23.7 Å². The van der Waals surface area contributed by atoms with Crippen molar-refractivity contribution in [1.82, 2.24) is 0 Å². The SMILES string of the molecule is CC(=O)O[C@H]1[C@H]2OC(c3ccccc3)OC[C@H]2O[C@@H](Sc2ccc(C)cc2)[C@@H]1OC(C)=O. The molecule has 0 aliphatic carbocycles. The van der Waals surface area contributed by atoms with E-state index in [0.717, 1.165) is 16.0 Å². The minimum atomic E-state index is -0.849. The number of fused-ring (bicyclic) bond motifs is 1. The zero-order valence-electron chi connectivity index (χ0n) is 18.1. The Labute approximate surface area is 191 Å². The first-order valence-electron chi connectivity index (χ1n) is 10.5. The molecule has 2 aromatic carbocycles. The number of ether oxygens (including phenoxy) is 5. The molecule has 4 rings (SSSR count). The summed E-state index contributed by atoms with van der Waals surface area (Å²) in [5.74, 6) is -0.978. The molecule has 2 saturated heterocycles. The summed E-state index contributed by atoms with van der Waals surface area (Å²) in [5, 5.41) is 0. The van der Waals surface area contributed by atoms with Gasteiger partial charge in [0.15, 0.2) is 18.5 Å². The molecule has 0 spiro atoms. The van der Waals surface area contributed by atoms with E-state index >= 15 is 0 Å². The summed E-state index contributed by atoms with van der Waals surface area (Å²) >= 11 is 1.41. The summed E-state index contributed by atoms with van der Waals surface area (Å²) in [6.45, 7) is 4.90. The topological polar surface area (TPSA) is 80.3 Å². The molecule has 1 unspecified atom stereocenters. The van der Waals surface area contributed by atoms with Crippen LogP contribution in [0.1, 0.15) is 31.3 Å². The lowest BCUT2D eigenvalue weighted by Crippen LogP contribution is -2.63. The number of benzene rings is 2.